The number of nitrogens with one attached hydrogen (secondary N) is 1. The lowest BCUT2D eigenvalue weighted by Crippen LogP contribution is -2.20. The SMILES string of the molecule is CCc1cc(=O)oc2cc(OCC(=O)Nc3ccc(Cl)cc3)c(Cl)cc12. The molecular weight excluding hydrogens is 377 g/mol. The van der Waals surface area contributed by atoms with Crippen molar-refractivity contribution in [1.29, 1.82) is 0 Å². The number of fused-ring (bicyclic) bond motifs is 1. The molecule has 0 unspecified atom stereocenters. The summed E-state index contributed by atoms with van der Waals surface area (Å²) in [6.45, 7) is 1.69. The predicted molar refractivity (Wildman–Crippen MR) is 102 cm³/mol. The van der Waals surface area contributed by atoms with E-state index in [1.165, 1.54) is 12.1 Å². The van der Waals surface area contributed by atoms with E-state index in [0.29, 0.717) is 27.7 Å². The van der Waals surface area contributed by atoms with Crippen LogP contribution in [0.4, 0.5) is 5.69 Å². The number of rotatable bonds is 5. The van der Waals surface area contributed by atoms with Gasteiger partial charge in [-0.25, -0.2) is 4.79 Å². The molecular formula is C19H15Cl2NO4. The molecule has 26 heavy (non-hydrogen) atoms. The van der Waals surface area contributed by atoms with Crippen LogP contribution in [-0.2, 0) is 11.2 Å². The van der Waals surface area contributed by atoms with Gasteiger partial charge in [-0.3, -0.25) is 4.79 Å². The van der Waals surface area contributed by atoms with E-state index < -0.39 is 5.63 Å². The molecule has 0 spiro atoms. The van der Waals surface area contributed by atoms with Crippen LogP contribution >= 0.6 is 23.2 Å². The maximum atomic E-state index is 12.0. The molecule has 1 aromatic heterocycles. The van der Waals surface area contributed by atoms with Crippen LogP contribution in [0.2, 0.25) is 10.0 Å². The van der Waals surface area contributed by atoms with Gasteiger partial charge < -0.3 is 14.5 Å². The Labute approximate surface area is 159 Å². The van der Waals surface area contributed by atoms with Gasteiger partial charge in [-0.05, 0) is 42.3 Å². The molecule has 0 fully saturated rings. The fourth-order valence-electron chi connectivity index (χ4n) is 2.50. The maximum absolute atomic E-state index is 12.0. The van der Waals surface area contributed by atoms with E-state index >= 15 is 0 Å². The Kier molecular flexibility index (Phi) is 5.49. The first-order valence-electron chi connectivity index (χ1n) is 7.90. The third kappa shape index (κ3) is 4.18. The van der Waals surface area contributed by atoms with Gasteiger partial charge in [-0.2, -0.15) is 0 Å². The second-order valence-electron chi connectivity index (χ2n) is 5.57. The highest BCUT2D eigenvalue weighted by molar-refractivity contribution is 6.33. The largest absolute Gasteiger partial charge is 0.482 e. The number of hydrogen-bond acceptors (Lipinski definition) is 4. The minimum absolute atomic E-state index is 0.244. The molecule has 0 aliphatic carbocycles. The molecule has 0 saturated heterocycles. The van der Waals surface area contributed by atoms with Crippen molar-refractivity contribution in [3.63, 3.8) is 0 Å². The standard InChI is InChI=1S/C19H15Cl2NO4/c1-2-11-7-19(24)26-16-9-17(15(21)8-14(11)16)25-10-18(23)22-13-5-3-12(20)4-6-13/h3-9H,2,10H2,1H3,(H,22,23). The molecule has 1 amide bonds. The summed E-state index contributed by atoms with van der Waals surface area (Å²) < 4.78 is 10.7. The summed E-state index contributed by atoms with van der Waals surface area (Å²) >= 11 is 12.0. The molecule has 0 saturated carbocycles. The topological polar surface area (TPSA) is 68.5 Å². The minimum Gasteiger partial charge on any atom is -0.482 e. The van der Waals surface area contributed by atoms with Gasteiger partial charge in [-0.1, -0.05) is 30.1 Å². The van der Waals surface area contributed by atoms with Gasteiger partial charge >= 0.3 is 5.63 Å². The Balaban J connectivity index is 1.76. The maximum Gasteiger partial charge on any atom is 0.336 e. The number of hydrogen-bond donors (Lipinski definition) is 1. The van der Waals surface area contributed by atoms with Gasteiger partial charge in [0.2, 0.25) is 0 Å². The van der Waals surface area contributed by atoms with Gasteiger partial charge in [0.05, 0.1) is 5.02 Å². The molecule has 0 atom stereocenters. The number of carbonyl (C=O) groups is 1. The van der Waals surface area contributed by atoms with Crippen LogP contribution in [0.25, 0.3) is 11.0 Å². The van der Waals surface area contributed by atoms with Gasteiger partial charge in [0.1, 0.15) is 11.3 Å². The number of carbonyl (C=O) groups excluding carboxylic acids is 1. The van der Waals surface area contributed by atoms with Crippen LogP contribution in [0.5, 0.6) is 5.75 Å². The molecule has 1 N–H and O–H groups in total. The van der Waals surface area contributed by atoms with Crippen LogP contribution in [0.1, 0.15) is 12.5 Å². The van der Waals surface area contributed by atoms with Crippen molar-refractivity contribution < 1.29 is 13.9 Å². The van der Waals surface area contributed by atoms with Crippen LogP contribution in [-0.4, -0.2) is 12.5 Å². The summed E-state index contributed by atoms with van der Waals surface area (Å²) in [5.41, 5.74) is 1.37. The molecule has 7 heteroatoms. The average molecular weight is 392 g/mol. The number of aryl methyl sites for hydroxylation is 1. The third-order valence-corrected chi connectivity index (χ3v) is 4.30. The van der Waals surface area contributed by atoms with E-state index in [0.717, 1.165) is 10.9 Å². The molecule has 0 aliphatic rings. The molecule has 134 valence electrons. The van der Waals surface area contributed by atoms with Gasteiger partial charge in [0, 0.05) is 28.2 Å². The third-order valence-electron chi connectivity index (χ3n) is 3.75. The summed E-state index contributed by atoms with van der Waals surface area (Å²) in [5.74, 6) is -0.0888. The first kappa shape index (κ1) is 18.3. The van der Waals surface area contributed by atoms with Crippen molar-refractivity contribution in [1.82, 2.24) is 0 Å². The Morgan fingerprint density at radius 3 is 2.58 bits per heavy atom. The molecule has 0 bridgehead atoms. The van der Waals surface area contributed by atoms with E-state index in [1.807, 2.05) is 6.92 Å². The number of ether oxygens (including phenoxy) is 1. The van der Waals surface area contributed by atoms with Crippen molar-refractivity contribution in [3.05, 3.63) is 68.5 Å². The predicted octanol–water partition coefficient (Wildman–Crippen LogP) is 4.68. The van der Waals surface area contributed by atoms with E-state index in [4.69, 9.17) is 32.4 Å². The van der Waals surface area contributed by atoms with Crippen molar-refractivity contribution >= 4 is 45.8 Å². The van der Waals surface area contributed by atoms with Gasteiger partial charge in [0.15, 0.2) is 6.61 Å². The highest BCUT2D eigenvalue weighted by atomic mass is 35.5. The Hall–Kier alpha value is -2.50. The summed E-state index contributed by atoms with van der Waals surface area (Å²) in [4.78, 5) is 23.7. The lowest BCUT2D eigenvalue weighted by molar-refractivity contribution is -0.118. The zero-order chi connectivity index (χ0) is 18.7. The Morgan fingerprint density at radius 2 is 1.88 bits per heavy atom. The molecule has 5 nitrogen and oxygen atoms in total. The van der Waals surface area contributed by atoms with Crippen LogP contribution in [0.3, 0.4) is 0 Å². The van der Waals surface area contributed by atoms with Crippen molar-refractivity contribution in [3.8, 4) is 5.75 Å². The summed E-state index contributed by atoms with van der Waals surface area (Å²) in [6.07, 6.45) is 0.669. The van der Waals surface area contributed by atoms with Crippen molar-refractivity contribution in [2.45, 2.75) is 13.3 Å². The zero-order valence-electron chi connectivity index (χ0n) is 13.8. The quantitative estimate of drug-likeness (QED) is 0.641. The van der Waals surface area contributed by atoms with Gasteiger partial charge in [0.25, 0.3) is 5.91 Å². The van der Waals surface area contributed by atoms with Crippen molar-refractivity contribution in [2.75, 3.05) is 11.9 Å². The van der Waals surface area contributed by atoms with Gasteiger partial charge in [-0.15, -0.1) is 0 Å². The fraction of sp³-hybridized carbons (Fsp3) is 0.158. The summed E-state index contributed by atoms with van der Waals surface area (Å²) in [6, 6.07) is 11.4. The minimum atomic E-state index is -0.442. The molecule has 1 heterocycles. The Morgan fingerprint density at radius 1 is 1.15 bits per heavy atom. The number of benzene rings is 2. The second kappa shape index (κ2) is 7.81. The highest BCUT2D eigenvalue weighted by Crippen LogP contribution is 2.31. The molecule has 0 aliphatic heterocycles. The summed E-state index contributed by atoms with van der Waals surface area (Å²) in [7, 11) is 0. The molecule has 3 rings (SSSR count). The monoisotopic (exact) mass is 391 g/mol. The van der Waals surface area contributed by atoms with E-state index in [2.05, 4.69) is 5.32 Å². The highest BCUT2D eigenvalue weighted by Gasteiger charge is 2.12. The first-order valence-corrected chi connectivity index (χ1v) is 8.66. The number of amides is 1. The van der Waals surface area contributed by atoms with E-state index in [1.54, 1.807) is 30.3 Å². The van der Waals surface area contributed by atoms with Crippen molar-refractivity contribution in [2.24, 2.45) is 0 Å². The second-order valence-corrected chi connectivity index (χ2v) is 6.41. The summed E-state index contributed by atoms with van der Waals surface area (Å²) in [5, 5.41) is 4.34. The lowest BCUT2D eigenvalue weighted by Gasteiger charge is -2.11. The van der Waals surface area contributed by atoms with Crippen LogP contribution in [0, 0.1) is 0 Å². The average Bonchev–Trinajstić information content (AvgIpc) is 2.61. The van der Waals surface area contributed by atoms with Crippen LogP contribution < -0.4 is 15.7 Å². The normalized spacial score (nSPS) is 10.7. The lowest BCUT2D eigenvalue weighted by atomic mass is 10.1. The molecule has 3 aromatic rings. The number of anilines is 1. The smallest absolute Gasteiger partial charge is 0.336 e. The fourth-order valence-corrected chi connectivity index (χ4v) is 2.85. The van der Waals surface area contributed by atoms with Crippen LogP contribution in [0.15, 0.2) is 51.7 Å². The first-order chi connectivity index (χ1) is 12.5. The molecule has 2 aromatic carbocycles. The number of halogens is 2. The van der Waals surface area contributed by atoms with E-state index in [-0.39, 0.29) is 18.3 Å². The zero-order valence-corrected chi connectivity index (χ0v) is 15.4. The van der Waals surface area contributed by atoms with E-state index in [9.17, 15) is 9.59 Å². The Bertz CT molecular complexity index is 1010. The molecule has 0 radical (unpaired) electrons.